The average Bonchev–Trinajstić information content (AvgIpc) is 3.25. The van der Waals surface area contributed by atoms with Gasteiger partial charge in [0.05, 0.1) is 25.0 Å². The number of rotatable bonds is 6. The second-order valence-electron chi connectivity index (χ2n) is 7.01. The molecule has 1 aromatic carbocycles. The number of hydrogen-bond acceptors (Lipinski definition) is 6. The minimum absolute atomic E-state index is 0.0281. The SMILES string of the molecule is CC.CC.CCCOc1ccc(F)cc1CN1c2nc3c(C(N)=O)cnn3cc2OCC1C. The van der Waals surface area contributed by atoms with Gasteiger partial charge in [0, 0.05) is 12.1 Å². The molecule has 0 radical (unpaired) electrons. The summed E-state index contributed by atoms with van der Waals surface area (Å²) in [4.78, 5) is 18.3. The highest BCUT2D eigenvalue weighted by Crippen LogP contribution is 2.35. The van der Waals surface area contributed by atoms with Crippen molar-refractivity contribution in [2.45, 2.75) is 60.5 Å². The number of benzene rings is 1. The van der Waals surface area contributed by atoms with Crippen molar-refractivity contribution in [3.63, 3.8) is 0 Å². The first-order valence-electron chi connectivity index (χ1n) is 11.5. The number of ether oxygens (including phenoxy) is 2. The standard InChI is InChI=1S/C20H22FN5O3.2C2H6/c1-3-6-28-16-5-4-14(21)7-13(16)9-25-12(2)11-29-17-10-26-19(24-20(17)25)15(8-23-26)18(22)27;2*1-2/h4-5,7-8,10,12H,3,6,9,11H2,1-2H3,(H2,22,27);2*1-2H3. The van der Waals surface area contributed by atoms with E-state index in [4.69, 9.17) is 15.2 Å². The Labute approximate surface area is 194 Å². The van der Waals surface area contributed by atoms with Crippen LogP contribution in [0.3, 0.4) is 0 Å². The van der Waals surface area contributed by atoms with Gasteiger partial charge >= 0.3 is 0 Å². The molecule has 2 N–H and O–H groups in total. The van der Waals surface area contributed by atoms with Crippen molar-refractivity contribution in [3.8, 4) is 11.5 Å². The third-order valence-electron chi connectivity index (χ3n) is 4.82. The van der Waals surface area contributed by atoms with E-state index in [1.54, 1.807) is 12.3 Å². The molecule has 1 atom stereocenters. The summed E-state index contributed by atoms with van der Waals surface area (Å²) in [5.74, 6) is 0.771. The van der Waals surface area contributed by atoms with Crippen molar-refractivity contribution in [3.05, 3.63) is 47.5 Å². The van der Waals surface area contributed by atoms with Gasteiger partial charge in [0.2, 0.25) is 0 Å². The van der Waals surface area contributed by atoms with Crippen LogP contribution >= 0.6 is 0 Å². The number of aromatic nitrogens is 3. The molecule has 0 saturated heterocycles. The second-order valence-corrected chi connectivity index (χ2v) is 7.01. The molecule has 9 heteroatoms. The summed E-state index contributed by atoms with van der Waals surface area (Å²) in [5.41, 5.74) is 6.72. The summed E-state index contributed by atoms with van der Waals surface area (Å²) in [6.45, 7) is 13.4. The topological polar surface area (TPSA) is 95.0 Å². The van der Waals surface area contributed by atoms with Crippen molar-refractivity contribution in [2.75, 3.05) is 18.1 Å². The van der Waals surface area contributed by atoms with E-state index in [1.165, 1.54) is 22.8 Å². The Balaban J connectivity index is 0.000000914. The van der Waals surface area contributed by atoms with Gasteiger partial charge in [0.15, 0.2) is 17.2 Å². The first kappa shape index (κ1) is 25.9. The number of hydrogen-bond donors (Lipinski definition) is 1. The van der Waals surface area contributed by atoms with Gasteiger partial charge in [0.25, 0.3) is 5.91 Å². The molecule has 1 aliphatic rings. The number of primary amides is 1. The molecular formula is C24H34FN5O3. The van der Waals surface area contributed by atoms with Crippen LogP contribution in [0, 0.1) is 5.82 Å². The first-order chi connectivity index (χ1) is 16.0. The largest absolute Gasteiger partial charge is 0.493 e. The Morgan fingerprint density at radius 3 is 2.70 bits per heavy atom. The maximum atomic E-state index is 13.9. The van der Waals surface area contributed by atoms with Gasteiger partial charge in [-0.2, -0.15) is 5.10 Å². The third kappa shape index (κ3) is 5.71. The third-order valence-corrected chi connectivity index (χ3v) is 4.82. The van der Waals surface area contributed by atoms with Crippen LogP contribution in [0.4, 0.5) is 10.2 Å². The van der Waals surface area contributed by atoms with Gasteiger partial charge in [-0.15, -0.1) is 0 Å². The molecule has 0 bridgehead atoms. The fourth-order valence-electron chi connectivity index (χ4n) is 3.32. The van der Waals surface area contributed by atoms with E-state index < -0.39 is 5.91 Å². The summed E-state index contributed by atoms with van der Waals surface area (Å²) in [6, 6.07) is 4.47. The van der Waals surface area contributed by atoms with Crippen LogP contribution < -0.4 is 20.1 Å². The predicted molar refractivity (Wildman–Crippen MR) is 128 cm³/mol. The van der Waals surface area contributed by atoms with Gasteiger partial charge in [-0.25, -0.2) is 13.9 Å². The molecule has 4 rings (SSSR count). The van der Waals surface area contributed by atoms with Crippen LogP contribution in [0.2, 0.25) is 0 Å². The molecule has 1 unspecified atom stereocenters. The van der Waals surface area contributed by atoms with Gasteiger partial charge in [-0.1, -0.05) is 34.6 Å². The van der Waals surface area contributed by atoms with E-state index in [1.807, 2.05) is 46.4 Å². The Morgan fingerprint density at radius 2 is 2.03 bits per heavy atom. The van der Waals surface area contributed by atoms with Crippen LogP contribution in [0.5, 0.6) is 11.5 Å². The van der Waals surface area contributed by atoms with E-state index in [9.17, 15) is 9.18 Å². The maximum absolute atomic E-state index is 13.9. The summed E-state index contributed by atoms with van der Waals surface area (Å²) in [6.07, 6.45) is 3.90. The monoisotopic (exact) mass is 459 g/mol. The lowest BCUT2D eigenvalue weighted by molar-refractivity contribution is 0.100. The van der Waals surface area contributed by atoms with Gasteiger partial charge < -0.3 is 20.1 Å². The molecule has 0 spiro atoms. The number of amides is 1. The molecule has 8 nitrogen and oxygen atoms in total. The zero-order valence-electron chi connectivity index (χ0n) is 20.3. The number of nitrogens with zero attached hydrogens (tertiary/aromatic N) is 4. The Hall–Kier alpha value is -3.36. The molecular weight excluding hydrogens is 425 g/mol. The van der Waals surface area contributed by atoms with Crippen LogP contribution in [0.15, 0.2) is 30.6 Å². The van der Waals surface area contributed by atoms with Gasteiger partial charge in [-0.3, -0.25) is 4.79 Å². The summed E-state index contributed by atoms with van der Waals surface area (Å²) >= 11 is 0. The minimum Gasteiger partial charge on any atom is -0.493 e. The molecule has 2 aromatic heterocycles. The molecule has 0 aliphatic carbocycles. The van der Waals surface area contributed by atoms with Crippen molar-refractivity contribution in [1.82, 2.24) is 14.6 Å². The lowest BCUT2D eigenvalue weighted by Crippen LogP contribution is -2.41. The quantitative estimate of drug-likeness (QED) is 0.579. The van der Waals surface area contributed by atoms with E-state index in [0.717, 1.165) is 6.42 Å². The molecule has 0 fully saturated rings. The summed E-state index contributed by atoms with van der Waals surface area (Å²) in [7, 11) is 0. The fourth-order valence-corrected chi connectivity index (χ4v) is 3.32. The van der Waals surface area contributed by atoms with E-state index in [-0.39, 0.29) is 17.4 Å². The van der Waals surface area contributed by atoms with Gasteiger partial charge in [0.1, 0.15) is 23.7 Å². The number of halogens is 1. The lowest BCUT2D eigenvalue weighted by Gasteiger charge is -2.36. The Morgan fingerprint density at radius 1 is 1.30 bits per heavy atom. The van der Waals surface area contributed by atoms with Crippen molar-refractivity contribution >= 4 is 17.4 Å². The normalized spacial score (nSPS) is 14.3. The number of carbonyl (C=O) groups excluding carboxylic acids is 1. The predicted octanol–water partition coefficient (Wildman–Crippen LogP) is 4.60. The smallest absolute Gasteiger partial charge is 0.254 e. The minimum atomic E-state index is -0.607. The molecule has 1 aliphatic heterocycles. The van der Waals surface area contributed by atoms with Crippen molar-refractivity contribution in [2.24, 2.45) is 5.73 Å². The number of fused-ring (bicyclic) bond motifs is 2. The van der Waals surface area contributed by atoms with Crippen LogP contribution in [-0.2, 0) is 6.54 Å². The highest BCUT2D eigenvalue weighted by molar-refractivity contribution is 5.98. The first-order valence-corrected chi connectivity index (χ1v) is 11.5. The zero-order chi connectivity index (χ0) is 24.5. The van der Waals surface area contributed by atoms with E-state index in [2.05, 4.69) is 10.1 Å². The highest BCUT2D eigenvalue weighted by atomic mass is 19.1. The van der Waals surface area contributed by atoms with Crippen LogP contribution in [0.25, 0.3) is 5.65 Å². The van der Waals surface area contributed by atoms with Crippen molar-refractivity contribution < 1.29 is 18.7 Å². The fraction of sp³-hybridized carbons (Fsp3) is 0.458. The second kappa shape index (κ2) is 12.0. The molecule has 3 heterocycles. The maximum Gasteiger partial charge on any atom is 0.254 e. The summed E-state index contributed by atoms with van der Waals surface area (Å²) < 4.78 is 27.0. The Kier molecular flexibility index (Phi) is 9.44. The summed E-state index contributed by atoms with van der Waals surface area (Å²) in [5, 5.41) is 4.12. The molecule has 180 valence electrons. The number of nitrogens with two attached hydrogens (primary N) is 1. The zero-order valence-corrected chi connectivity index (χ0v) is 20.3. The van der Waals surface area contributed by atoms with Crippen LogP contribution in [-0.4, -0.2) is 39.8 Å². The molecule has 33 heavy (non-hydrogen) atoms. The lowest BCUT2D eigenvalue weighted by atomic mass is 10.1. The average molecular weight is 460 g/mol. The molecule has 3 aromatic rings. The van der Waals surface area contributed by atoms with E-state index in [0.29, 0.717) is 48.3 Å². The number of carbonyl (C=O) groups is 1. The van der Waals surface area contributed by atoms with Crippen molar-refractivity contribution in [1.29, 1.82) is 0 Å². The molecule has 0 saturated carbocycles. The Bertz CT molecular complexity index is 1070. The van der Waals surface area contributed by atoms with Crippen LogP contribution in [0.1, 0.15) is 63.9 Å². The highest BCUT2D eigenvalue weighted by Gasteiger charge is 2.29. The molecule has 1 amide bonds. The number of anilines is 1. The van der Waals surface area contributed by atoms with Gasteiger partial charge in [-0.05, 0) is 31.5 Å². The van der Waals surface area contributed by atoms with E-state index >= 15 is 0 Å².